The van der Waals surface area contributed by atoms with Gasteiger partial charge in [-0.15, -0.1) is 0 Å². The standard InChI is InChI=1S/C19H21Cl2N3O/c20-15-6-4-14(5-7-15)13-24-10-8-17(9-11-24)22-19(25)23-18-3-1-2-16(21)12-18/h1-7,12,17H,8-11,13H2,(H2,22,23,25). The predicted molar refractivity (Wildman–Crippen MR) is 103 cm³/mol. The lowest BCUT2D eigenvalue weighted by atomic mass is 10.0. The first-order valence-corrected chi connectivity index (χ1v) is 9.14. The quantitative estimate of drug-likeness (QED) is 0.804. The summed E-state index contributed by atoms with van der Waals surface area (Å²) >= 11 is 11.8. The van der Waals surface area contributed by atoms with E-state index in [9.17, 15) is 4.79 Å². The Morgan fingerprint density at radius 3 is 2.44 bits per heavy atom. The van der Waals surface area contributed by atoms with Crippen molar-refractivity contribution in [2.75, 3.05) is 18.4 Å². The molecular weight excluding hydrogens is 357 g/mol. The number of hydrogen-bond acceptors (Lipinski definition) is 2. The second kappa shape index (κ2) is 8.56. The predicted octanol–water partition coefficient (Wildman–Crippen LogP) is 4.78. The minimum Gasteiger partial charge on any atom is -0.335 e. The fraction of sp³-hybridized carbons (Fsp3) is 0.316. The van der Waals surface area contributed by atoms with Crippen LogP contribution in [0.15, 0.2) is 48.5 Å². The molecule has 0 bridgehead atoms. The Kier molecular flexibility index (Phi) is 6.19. The third-order valence-corrected chi connectivity index (χ3v) is 4.81. The summed E-state index contributed by atoms with van der Waals surface area (Å²) in [6.45, 7) is 2.84. The summed E-state index contributed by atoms with van der Waals surface area (Å²) in [5, 5.41) is 7.23. The molecule has 0 saturated carbocycles. The number of nitrogens with one attached hydrogen (secondary N) is 2. The van der Waals surface area contributed by atoms with Crippen LogP contribution in [0.5, 0.6) is 0 Å². The number of anilines is 1. The maximum absolute atomic E-state index is 12.1. The molecule has 0 unspecified atom stereocenters. The Morgan fingerprint density at radius 1 is 1.04 bits per heavy atom. The molecule has 0 atom stereocenters. The molecule has 0 radical (unpaired) electrons. The summed E-state index contributed by atoms with van der Waals surface area (Å²) in [5.41, 5.74) is 1.96. The van der Waals surface area contributed by atoms with Gasteiger partial charge < -0.3 is 10.6 Å². The second-order valence-electron chi connectivity index (χ2n) is 6.29. The first kappa shape index (κ1) is 18.1. The number of nitrogens with zero attached hydrogens (tertiary/aromatic N) is 1. The molecule has 0 aromatic heterocycles. The van der Waals surface area contributed by atoms with Crippen LogP contribution in [0.4, 0.5) is 10.5 Å². The van der Waals surface area contributed by atoms with E-state index in [2.05, 4.69) is 27.7 Å². The first-order chi connectivity index (χ1) is 12.1. The van der Waals surface area contributed by atoms with Crippen molar-refractivity contribution in [3.05, 3.63) is 64.1 Å². The Bertz CT molecular complexity index is 713. The number of urea groups is 1. The van der Waals surface area contributed by atoms with Crippen LogP contribution in [-0.4, -0.2) is 30.1 Å². The molecule has 0 aliphatic carbocycles. The highest BCUT2D eigenvalue weighted by molar-refractivity contribution is 6.31. The molecule has 1 fully saturated rings. The van der Waals surface area contributed by atoms with Crippen molar-refractivity contribution in [3.63, 3.8) is 0 Å². The average Bonchev–Trinajstić information content (AvgIpc) is 2.59. The Morgan fingerprint density at radius 2 is 1.76 bits per heavy atom. The zero-order valence-corrected chi connectivity index (χ0v) is 15.4. The van der Waals surface area contributed by atoms with Gasteiger partial charge in [-0.2, -0.15) is 0 Å². The van der Waals surface area contributed by atoms with Crippen LogP contribution in [0.3, 0.4) is 0 Å². The third-order valence-electron chi connectivity index (χ3n) is 4.32. The van der Waals surface area contributed by atoms with Gasteiger partial charge in [0.25, 0.3) is 0 Å². The number of piperidine rings is 1. The van der Waals surface area contributed by atoms with E-state index in [0.717, 1.165) is 37.5 Å². The minimum atomic E-state index is -0.182. The monoisotopic (exact) mass is 377 g/mol. The lowest BCUT2D eigenvalue weighted by molar-refractivity contribution is 0.190. The van der Waals surface area contributed by atoms with E-state index in [1.807, 2.05) is 24.3 Å². The Labute approximate surface area is 158 Å². The molecule has 132 valence electrons. The summed E-state index contributed by atoms with van der Waals surface area (Å²) in [6.07, 6.45) is 1.88. The molecule has 3 rings (SSSR count). The molecule has 1 aliphatic rings. The molecule has 25 heavy (non-hydrogen) atoms. The van der Waals surface area contributed by atoms with Gasteiger partial charge in [-0.1, -0.05) is 41.4 Å². The topological polar surface area (TPSA) is 44.4 Å². The van der Waals surface area contributed by atoms with Crippen molar-refractivity contribution in [2.24, 2.45) is 0 Å². The van der Waals surface area contributed by atoms with E-state index in [1.165, 1.54) is 5.56 Å². The van der Waals surface area contributed by atoms with E-state index in [1.54, 1.807) is 12.1 Å². The fourth-order valence-electron chi connectivity index (χ4n) is 3.00. The van der Waals surface area contributed by atoms with Crippen LogP contribution in [0.2, 0.25) is 10.0 Å². The van der Waals surface area contributed by atoms with E-state index in [-0.39, 0.29) is 12.1 Å². The molecule has 1 saturated heterocycles. The number of hydrogen-bond donors (Lipinski definition) is 2. The van der Waals surface area contributed by atoms with Gasteiger partial charge in [0.2, 0.25) is 0 Å². The van der Waals surface area contributed by atoms with E-state index >= 15 is 0 Å². The van der Waals surface area contributed by atoms with Gasteiger partial charge in [-0.25, -0.2) is 4.79 Å². The lowest BCUT2D eigenvalue weighted by Gasteiger charge is -2.32. The highest BCUT2D eigenvalue weighted by atomic mass is 35.5. The highest BCUT2D eigenvalue weighted by Crippen LogP contribution is 2.17. The zero-order valence-electron chi connectivity index (χ0n) is 13.8. The van der Waals surface area contributed by atoms with Crippen LogP contribution in [0.25, 0.3) is 0 Å². The summed E-state index contributed by atoms with van der Waals surface area (Å²) in [6, 6.07) is 15.1. The fourth-order valence-corrected chi connectivity index (χ4v) is 3.32. The molecular formula is C19H21Cl2N3O. The van der Waals surface area contributed by atoms with E-state index in [0.29, 0.717) is 10.7 Å². The molecule has 2 amide bonds. The Balaban J connectivity index is 1.42. The van der Waals surface area contributed by atoms with Gasteiger partial charge in [0.05, 0.1) is 0 Å². The second-order valence-corrected chi connectivity index (χ2v) is 7.16. The molecule has 2 aromatic carbocycles. The van der Waals surface area contributed by atoms with Crippen molar-refractivity contribution >= 4 is 34.9 Å². The van der Waals surface area contributed by atoms with Gasteiger partial charge in [0.15, 0.2) is 0 Å². The number of rotatable bonds is 4. The molecule has 1 heterocycles. The minimum absolute atomic E-state index is 0.182. The van der Waals surface area contributed by atoms with Crippen molar-refractivity contribution < 1.29 is 4.79 Å². The van der Waals surface area contributed by atoms with Crippen molar-refractivity contribution in [1.29, 1.82) is 0 Å². The smallest absolute Gasteiger partial charge is 0.319 e. The molecule has 4 nitrogen and oxygen atoms in total. The molecule has 6 heteroatoms. The molecule has 1 aliphatic heterocycles. The number of benzene rings is 2. The van der Waals surface area contributed by atoms with Crippen molar-refractivity contribution in [1.82, 2.24) is 10.2 Å². The van der Waals surface area contributed by atoms with Crippen LogP contribution >= 0.6 is 23.2 Å². The van der Waals surface area contributed by atoms with Crippen LogP contribution in [-0.2, 0) is 6.54 Å². The summed E-state index contributed by atoms with van der Waals surface area (Å²) in [5.74, 6) is 0. The molecule has 0 spiro atoms. The third kappa shape index (κ3) is 5.63. The van der Waals surface area contributed by atoms with Gasteiger partial charge >= 0.3 is 6.03 Å². The summed E-state index contributed by atoms with van der Waals surface area (Å²) in [4.78, 5) is 14.5. The number of likely N-dealkylation sites (tertiary alicyclic amines) is 1. The van der Waals surface area contributed by atoms with Crippen molar-refractivity contribution in [2.45, 2.75) is 25.4 Å². The van der Waals surface area contributed by atoms with Gasteiger partial charge in [-0.05, 0) is 48.7 Å². The van der Waals surface area contributed by atoms with Gasteiger partial charge in [0.1, 0.15) is 0 Å². The van der Waals surface area contributed by atoms with E-state index in [4.69, 9.17) is 23.2 Å². The highest BCUT2D eigenvalue weighted by Gasteiger charge is 2.20. The summed E-state index contributed by atoms with van der Waals surface area (Å²) < 4.78 is 0. The normalized spacial score (nSPS) is 15.8. The van der Waals surface area contributed by atoms with Crippen LogP contribution in [0.1, 0.15) is 18.4 Å². The molecule has 2 N–H and O–H groups in total. The van der Waals surface area contributed by atoms with Gasteiger partial charge in [0, 0.05) is 41.4 Å². The molecule has 2 aromatic rings. The first-order valence-electron chi connectivity index (χ1n) is 8.38. The maximum atomic E-state index is 12.1. The van der Waals surface area contributed by atoms with Gasteiger partial charge in [-0.3, -0.25) is 4.90 Å². The van der Waals surface area contributed by atoms with Crippen molar-refractivity contribution in [3.8, 4) is 0 Å². The Hall–Kier alpha value is -1.75. The summed E-state index contributed by atoms with van der Waals surface area (Å²) in [7, 11) is 0. The number of amides is 2. The van der Waals surface area contributed by atoms with Crippen LogP contribution in [0, 0.1) is 0 Å². The largest absolute Gasteiger partial charge is 0.335 e. The van der Waals surface area contributed by atoms with E-state index < -0.39 is 0 Å². The average molecular weight is 378 g/mol. The number of carbonyl (C=O) groups is 1. The van der Waals surface area contributed by atoms with Crippen LogP contribution < -0.4 is 10.6 Å². The maximum Gasteiger partial charge on any atom is 0.319 e. The number of halogens is 2. The SMILES string of the molecule is O=C(Nc1cccc(Cl)c1)NC1CCN(Cc2ccc(Cl)cc2)CC1. The lowest BCUT2D eigenvalue weighted by Crippen LogP contribution is -2.45. The zero-order chi connectivity index (χ0) is 17.6. The number of carbonyl (C=O) groups excluding carboxylic acids is 1.